The molecule has 2 fully saturated rings. The average molecular weight is 492 g/mol. The first kappa shape index (κ1) is 24.1. The van der Waals surface area contributed by atoms with Gasteiger partial charge in [-0.3, -0.25) is 14.9 Å². The number of aryl methyl sites for hydroxylation is 1. The fourth-order valence-corrected chi connectivity index (χ4v) is 4.76. The number of pyridine rings is 1. The summed E-state index contributed by atoms with van der Waals surface area (Å²) in [4.78, 5) is 15.8. The van der Waals surface area contributed by atoms with E-state index in [9.17, 15) is 5.26 Å². The summed E-state index contributed by atoms with van der Waals surface area (Å²) >= 11 is 0. The molecular formula is C25H30FN9O. The molecule has 3 aromatic heterocycles. The first-order valence-electron chi connectivity index (χ1n) is 12.1. The molecule has 188 valence electrons. The molecule has 2 aliphatic heterocycles. The van der Waals surface area contributed by atoms with Crippen LogP contribution in [0.3, 0.4) is 0 Å². The van der Waals surface area contributed by atoms with Gasteiger partial charge in [0.05, 0.1) is 42.4 Å². The molecule has 0 saturated carbocycles. The highest BCUT2D eigenvalue weighted by molar-refractivity contribution is 5.88. The van der Waals surface area contributed by atoms with Gasteiger partial charge in [-0.1, -0.05) is 0 Å². The first-order valence-corrected chi connectivity index (χ1v) is 12.1. The summed E-state index contributed by atoms with van der Waals surface area (Å²) in [6.07, 6.45) is 1.22. The standard InChI is InChI=1S/C25H30FN9O/c1-15(2)29-19-5-6-20(30-16(19)3)17-7-10-35-22(17)23(28-4)32-24(33-35)31-21-8-9-34(11-18(21)26)25(12-27)13-36-14-25/h5-7,10,18,21H,8-9,11,13-14H2,1-4H3,(H2,28,31,32,33). The minimum atomic E-state index is -1.16. The van der Waals surface area contributed by atoms with Gasteiger partial charge in [-0.2, -0.15) is 10.2 Å². The van der Waals surface area contributed by atoms with Crippen molar-refractivity contribution < 1.29 is 9.13 Å². The van der Waals surface area contributed by atoms with Crippen LogP contribution in [0.2, 0.25) is 0 Å². The number of hydrogen-bond acceptors (Lipinski definition) is 9. The molecule has 2 saturated heterocycles. The van der Waals surface area contributed by atoms with E-state index in [0.29, 0.717) is 37.9 Å². The van der Waals surface area contributed by atoms with Gasteiger partial charge in [0.15, 0.2) is 11.4 Å². The normalized spacial score (nSPS) is 21.4. The summed E-state index contributed by atoms with van der Waals surface area (Å²) in [6, 6.07) is 7.70. The van der Waals surface area contributed by atoms with Gasteiger partial charge < -0.3 is 15.4 Å². The maximum atomic E-state index is 15.1. The summed E-state index contributed by atoms with van der Waals surface area (Å²) in [5.74, 6) is 0.950. The maximum Gasteiger partial charge on any atom is 0.243 e. The number of nitrogens with zero attached hydrogens (tertiary/aromatic N) is 7. The molecule has 0 aliphatic carbocycles. The third-order valence-electron chi connectivity index (χ3n) is 6.78. The molecule has 0 amide bonds. The van der Waals surface area contributed by atoms with Crippen LogP contribution >= 0.6 is 0 Å². The summed E-state index contributed by atoms with van der Waals surface area (Å²) in [5, 5.41) is 20.5. The number of hydrogen-bond donors (Lipinski definition) is 2. The Morgan fingerprint density at radius 1 is 1.28 bits per heavy atom. The summed E-state index contributed by atoms with van der Waals surface area (Å²) in [7, 11) is 1.79. The maximum absolute atomic E-state index is 15.1. The molecule has 3 aromatic rings. The molecule has 0 aromatic carbocycles. The van der Waals surface area contributed by atoms with Crippen LogP contribution in [0.25, 0.3) is 16.8 Å². The number of alkyl halides is 1. The Balaban J connectivity index is 1.38. The Bertz CT molecular complexity index is 1350. The van der Waals surface area contributed by atoms with Crippen molar-refractivity contribution in [2.24, 2.45) is 4.99 Å². The van der Waals surface area contributed by atoms with Crippen molar-refractivity contribution in [2.75, 3.05) is 44.0 Å². The summed E-state index contributed by atoms with van der Waals surface area (Å²) < 4.78 is 22.1. The largest absolute Gasteiger partial charge is 0.375 e. The fraction of sp³-hybridized carbons (Fsp3) is 0.480. The van der Waals surface area contributed by atoms with Crippen molar-refractivity contribution in [3.8, 4) is 17.3 Å². The number of fused-ring (bicyclic) bond motifs is 1. The Morgan fingerprint density at radius 3 is 2.69 bits per heavy atom. The second kappa shape index (κ2) is 9.44. The average Bonchev–Trinajstić information content (AvgIpc) is 3.25. The molecule has 5 heterocycles. The van der Waals surface area contributed by atoms with Crippen molar-refractivity contribution >= 4 is 28.7 Å². The monoisotopic (exact) mass is 491 g/mol. The van der Waals surface area contributed by atoms with E-state index in [4.69, 9.17) is 9.72 Å². The lowest BCUT2D eigenvalue weighted by Gasteiger charge is -2.48. The van der Waals surface area contributed by atoms with E-state index in [2.05, 4.69) is 31.8 Å². The number of rotatable bonds is 6. The lowest BCUT2D eigenvalue weighted by Crippen LogP contribution is -2.65. The van der Waals surface area contributed by atoms with Crippen LogP contribution in [0.1, 0.15) is 26.0 Å². The van der Waals surface area contributed by atoms with Gasteiger partial charge in [0.2, 0.25) is 5.95 Å². The van der Waals surface area contributed by atoms with Gasteiger partial charge in [-0.15, -0.1) is 5.10 Å². The van der Waals surface area contributed by atoms with Crippen molar-refractivity contribution in [1.29, 1.82) is 5.26 Å². The lowest BCUT2D eigenvalue weighted by molar-refractivity contribution is -0.121. The van der Waals surface area contributed by atoms with Crippen molar-refractivity contribution in [3.05, 3.63) is 30.1 Å². The molecule has 0 spiro atoms. The molecule has 11 heteroatoms. The molecule has 2 unspecified atom stereocenters. The molecule has 2 atom stereocenters. The number of nitrogens with one attached hydrogen (secondary N) is 2. The summed E-state index contributed by atoms with van der Waals surface area (Å²) in [6.45, 7) is 7.29. The van der Waals surface area contributed by atoms with Crippen LogP contribution in [0, 0.1) is 18.3 Å². The van der Waals surface area contributed by atoms with Crippen LogP contribution in [-0.4, -0.2) is 81.3 Å². The number of aliphatic imine (C=N–C) groups is 1. The van der Waals surface area contributed by atoms with Gasteiger partial charge in [0.25, 0.3) is 0 Å². The van der Waals surface area contributed by atoms with Gasteiger partial charge in [0, 0.05) is 37.6 Å². The highest BCUT2D eigenvalue weighted by Gasteiger charge is 2.48. The Labute approximate surface area is 209 Å². The lowest BCUT2D eigenvalue weighted by atomic mass is 9.92. The van der Waals surface area contributed by atoms with E-state index in [-0.39, 0.29) is 6.54 Å². The van der Waals surface area contributed by atoms with Crippen molar-refractivity contribution in [1.82, 2.24) is 24.5 Å². The van der Waals surface area contributed by atoms with E-state index in [1.807, 2.05) is 50.1 Å². The van der Waals surface area contributed by atoms with E-state index in [1.165, 1.54) is 0 Å². The number of likely N-dealkylation sites (tertiary alicyclic amines) is 1. The van der Waals surface area contributed by atoms with E-state index < -0.39 is 17.8 Å². The third-order valence-corrected chi connectivity index (χ3v) is 6.78. The number of nitriles is 1. The van der Waals surface area contributed by atoms with Crippen LogP contribution in [0.5, 0.6) is 0 Å². The first-order chi connectivity index (χ1) is 17.3. The van der Waals surface area contributed by atoms with Crippen LogP contribution < -0.4 is 10.6 Å². The van der Waals surface area contributed by atoms with Crippen molar-refractivity contribution in [2.45, 2.75) is 44.9 Å². The SMILES string of the molecule is CNc1nc(NC2CCN(C3(C#N)COC3)CC2F)nn2ccc(-c3ccc(N=C(C)C)c(C)n3)c12. The topological polar surface area (TPSA) is 116 Å². The van der Waals surface area contributed by atoms with Gasteiger partial charge >= 0.3 is 0 Å². The number of anilines is 2. The molecule has 0 radical (unpaired) electrons. The van der Waals surface area contributed by atoms with Gasteiger partial charge in [-0.05, 0) is 45.4 Å². The number of aromatic nitrogens is 4. The molecule has 0 bridgehead atoms. The zero-order valence-electron chi connectivity index (χ0n) is 20.9. The minimum absolute atomic E-state index is 0.173. The molecule has 2 N–H and O–H groups in total. The third kappa shape index (κ3) is 4.27. The van der Waals surface area contributed by atoms with Crippen LogP contribution in [0.15, 0.2) is 29.4 Å². The number of piperidine rings is 1. The van der Waals surface area contributed by atoms with E-state index in [1.54, 1.807) is 11.6 Å². The highest BCUT2D eigenvalue weighted by atomic mass is 19.1. The van der Waals surface area contributed by atoms with Crippen molar-refractivity contribution in [3.63, 3.8) is 0 Å². The van der Waals surface area contributed by atoms with E-state index >= 15 is 4.39 Å². The zero-order chi connectivity index (χ0) is 25.4. The van der Waals surface area contributed by atoms with Crippen LogP contribution in [-0.2, 0) is 4.74 Å². The molecular weight excluding hydrogens is 461 g/mol. The number of ether oxygens (including phenoxy) is 1. The molecule has 5 rings (SSSR count). The zero-order valence-corrected chi connectivity index (χ0v) is 20.9. The smallest absolute Gasteiger partial charge is 0.243 e. The number of halogens is 1. The molecule has 2 aliphatic rings. The minimum Gasteiger partial charge on any atom is -0.375 e. The van der Waals surface area contributed by atoms with Gasteiger partial charge in [-0.25, -0.2) is 8.91 Å². The van der Waals surface area contributed by atoms with Crippen LogP contribution in [0.4, 0.5) is 21.8 Å². The Kier molecular flexibility index (Phi) is 6.32. The Hall–Kier alpha value is -3.62. The predicted octanol–water partition coefficient (Wildman–Crippen LogP) is 3.37. The second-order valence-corrected chi connectivity index (χ2v) is 9.55. The Morgan fingerprint density at radius 2 is 2.08 bits per heavy atom. The fourth-order valence-electron chi connectivity index (χ4n) is 4.76. The molecule has 36 heavy (non-hydrogen) atoms. The molecule has 10 nitrogen and oxygen atoms in total. The quantitative estimate of drug-likeness (QED) is 0.504. The predicted molar refractivity (Wildman–Crippen MR) is 137 cm³/mol. The van der Waals surface area contributed by atoms with E-state index in [0.717, 1.165) is 33.9 Å². The highest BCUT2D eigenvalue weighted by Crippen LogP contribution is 2.32. The van der Waals surface area contributed by atoms with Gasteiger partial charge in [0.1, 0.15) is 11.7 Å². The summed E-state index contributed by atoms with van der Waals surface area (Å²) in [5.41, 5.74) is 4.42. The second-order valence-electron chi connectivity index (χ2n) is 9.55.